The number of hydrogen-bond donors (Lipinski definition) is 0. The molecule has 1 heterocycles. The van der Waals surface area contributed by atoms with Gasteiger partial charge in [0, 0.05) is 11.8 Å². The fourth-order valence-electron chi connectivity index (χ4n) is 5.31. The molecule has 3 heteroatoms. The maximum Gasteiger partial charge on any atom is 0.234 e. The van der Waals surface area contributed by atoms with Crippen molar-refractivity contribution in [3.05, 3.63) is 59.2 Å². The van der Waals surface area contributed by atoms with Gasteiger partial charge in [0.2, 0.25) is 11.8 Å². The molecule has 0 radical (unpaired) electrons. The van der Waals surface area contributed by atoms with Gasteiger partial charge in [0.05, 0.1) is 18.4 Å². The Balaban J connectivity index is 1.47. The van der Waals surface area contributed by atoms with Crippen molar-refractivity contribution in [3.8, 4) is 0 Å². The zero-order valence-electron chi connectivity index (χ0n) is 13.7. The summed E-state index contributed by atoms with van der Waals surface area (Å²) in [6.45, 7) is 0.414. The molecule has 0 spiro atoms. The number of nitrogens with zero attached hydrogens (tertiary/aromatic N) is 1. The van der Waals surface area contributed by atoms with E-state index in [1.54, 1.807) is 5.57 Å². The van der Waals surface area contributed by atoms with Crippen LogP contribution in [0.1, 0.15) is 31.2 Å². The number of likely N-dealkylation sites (tertiary alicyclic amines) is 1. The maximum absolute atomic E-state index is 13.0. The second kappa shape index (κ2) is 5.17. The summed E-state index contributed by atoms with van der Waals surface area (Å²) in [5.41, 5.74) is 4.00. The molecular weight excluding hydrogens is 298 g/mol. The van der Waals surface area contributed by atoms with Gasteiger partial charge in [0.25, 0.3) is 0 Å². The third-order valence-electron chi connectivity index (χ3n) is 6.31. The van der Waals surface area contributed by atoms with Crippen molar-refractivity contribution >= 4 is 11.8 Å². The molecule has 5 rings (SSSR count). The van der Waals surface area contributed by atoms with Crippen LogP contribution in [0.2, 0.25) is 0 Å². The van der Waals surface area contributed by atoms with Crippen LogP contribution < -0.4 is 0 Å². The molecule has 24 heavy (non-hydrogen) atoms. The molecule has 0 N–H and O–H groups in total. The first-order valence-electron chi connectivity index (χ1n) is 9.05. The Hall–Kier alpha value is -2.16. The quantitative estimate of drug-likeness (QED) is 0.618. The lowest BCUT2D eigenvalue weighted by Gasteiger charge is -2.19. The van der Waals surface area contributed by atoms with Crippen molar-refractivity contribution in [1.29, 1.82) is 0 Å². The molecule has 3 aliphatic carbocycles. The largest absolute Gasteiger partial charge is 0.278 e. The highest BCUT2D eigenvalue weighted by Crippen LogP contribution is 2.58. The molecule has 4 atom stereocenters. The molecular formula is C21H21NO2. The number of carbonyl (C=O) groups is 2. The van der Waals surface area contributed by atoms with E-state index in [1.807, 2.05) is 30.3 Å². The van der Waals surface area contributed by atoms with E-state index >= 15 is 0 Å². The number of imide groups is 1. The Bertz CT molecular complexity index is 734. The minimum absolute atomic E-state index is 0.0433. The fourth-order valence-corrected chi connectivity index (χ4v) is 5.31. The highest BCUT2D eigenvalue weighted by atomic mass is 16.2. The minimum Gasteiger partial charge on any atom is -0.278 e. The Morgan fingerprint density at radius 3 is 2.04 bits per heavy atom. The molecule has 2 amide bonds. The van der Waals surface area contributed by atoms with Gasteiger partial charge in [0.15, 0.2) is 0 Å². The van der Waals surface area contributed by atoms with Gasteiger partial charge in [0.1, 0.15) is 0 Å². The smallest absolute Gasteiger partial charge is 0.234 e. The summed E-state index contributed by atoms with van der Waals surface area (Å²) >= 11 is 0. The van der Waals surface area contributed by atoms with Crippen LogP contribution in [0.15, 0.2) is 53.6 Å². The van der Waals surface area contributed by atoms with Gasteiger partial charge in [-0.2, -0.15) is 0 Å². The first kappa shape index (κ1) is 14.2. The van der Waals surface area contributed by atoms with Crippen molar-refractivity contribution < 1.29 is 9.59 Å². The zero-order chi connectivity index (χ0) is 16.3. The predicted octanol–water partition coefficient (Wildman–Crippen LogP) is 3.47. The molecule has 1 aliphatic heterocycles. The van der Waals surface area contributed by atoms with E-state index in [-0.39, 0.29) is 35.5 Å². The highest BCUT2D eigenvalue weighted by molar-refractivity contribution is 6.07. The summed E-state index contributed by atoms with van der Waals surface area (Å²) in [6, 6.07) is 9.82. The fraction of sp³-hybridized carbons (Fsp3) is 0.429. The Morgan fingerprint density at radius 1 is 0.875 bits per heavy atom. The lowest BCUT2D eigenvalue weighted by Crippen LogP contribution is -2.32. The topological polar surface area (TPSA) is 37.4 Å². The lowest BCUT2D eigenvalue weighted by molar-refractivity contribution is -0.141. The van der Waals surface area contributed by atoms with E-state index < -0.39 is 0 Å². The van der Waals surface area contributed by atoms with Gasteiger partial charge in [-0.1, -0.05) is 53.6 Å². The molecule has 1 saturated heterocycles. The van der Waals surface area contributed by atoms with Crippen molar-refractivity contribution in [2.75, 3.05) is 0 Å². The van der Waals surface area contributed by atoms with Crippen LogP contribution in [0, 0.1) is 23.7 Å². The van der Waals surface area contributed by atoms with Crippen LogP contribution in [0.3, 0.4) is 0 Å². The second-order valence-electron chi connectivity index (χ2n) is 7.50. The van der Waals surface area contributed by atoms with Crippen molar-refractivity contribution in [2.24, 2.45) is 23.7 Å². The summed E-state index contributed by atoms with van der Waals surface area (Å²) in [5.74, 6) is 0.179. The SMILES string of the molecule is O=C1[C@@H]2[C@@H](C(=O)N1Cc1ccccc1)[C@@H]1C=C[C@@H]2C1=C1CCCC1. The average Bonchev–Trinajstić information content (AvgIpc) is 3.35. The summed E-state index contributed by atoms with van der Waals surface area (Å²) in [5, 5.41) is 0. The Kier molecular flexibility index (Phi) is 3.06. The van der Waals surface area contributed by atoms with Crippen LogP contribution in [-0.4, -0.2) is 16.7 Å². The summed E-state index contributed by atoms with van der Waals surface area (Å²) < 4.78 is 0. The first-order valence-corrected chi connectivity index (χ1v) is 9.05. The van der Waals surface area contributed by atoms with Crippen LogP contribution >= 0.6 is 0 Å². The van der Waals surface area contributed by atoms with Gasteiger partial charge >= 0.3 is 0 Å². The third kappa shape index (κ3) is 1.84. The number of rotatable bonds is 2. The van der Waals surface area contributed by atoms with E-state index in [4.69, 9.17) is 0 Å². The van der Waals surface area contributed by atoms with Gasteiger partial charge in [-0.25, -0.2) is 0 Å². The van der Waals surface area contributed by atoms with E-state index in [0.29, 0.717) is 6.54 Å². The summed E-state index contributed by atoms with van der Waals surface area (Å²) in [7, 11) is 0. The maximum atomic E-state index is 13.0. The van der Waals surface area contributed by atoms with E-state index in [1.165, 1.54) is 36.2 Å². The van der Waals surface area contributed by atoms with Crippen molar-refractivity contribution in [1.82, 2.24) is 4.90 Å². The molecule has 1 aromatic rings. The molecule has 0 unspecified atom stereocenters. The molecule has 3 fully saturated rings. The Labute approximate surface area is 142 Å². The standard InChI is InChI=1S/C21H21NO2/c23-20-18-15-10-11-16(17(15)14-8-4-5-9-14)19(18)21(24)22(20)12-13-6-2-1-3-7-13/h1-3,6-7,10-11,15-16,18-19H,4-5,8-9,12H2/t15-,16-,18+,19+/m1/s1. The summed E-state index contributed by atoms with van der Waals surface area (Å²) in [4.78, 5) is 27.5. The summed E-state index contributed by atoms with van der Waals surface area (Å²) in [6.07, 6.45) is 9.25. The van der Waals surface area contributed by atoms with Crippen LogP contribution in [0.25, 0.3) is 0 Å². The van der Waals surface area contributed by atoms with Crippen LogP contribution in [0.5, 0.6) is 0 Å². The average molecular weight is 319 g/mol. The normalized spacial score (nSPS) is 33.9. The van der Waals surface area contributed by atoms with Gasteiger partial charge in [-0.3, -0.25) is 14.5 Å². The highest BCUT2D eigenvalue weighted by Gasteiger charge is 2.61. The lowest BCUT2D eigenvalue weighted by atomic mass is 9.85. The van der Waals surface area contributed by atoms with Crippen molar-refractivity contribution in [2.45, 2.75) is 32.2 Å². The molecule has 2 saturated carbocycles. The first-order chi connectivity index (χ1) is 11.8. The van der Waals surface area contributed by atoms with Gasteiger partial charge in [-0.05, 0) is 31.2 Å². The molecule has 3 nitrogen and oxygen atoms in total. The number of carbonyl (C=O) groups excluding carboxylic acids is 2. The number of hydrogen-bond acceptors (Lipinski definition) is 2. The monoisotopic (exact) mass is 319 g/mol. The molecule has 2 bridgehead atoms. The molecule has 0 aromatic heterocycles. The van der Waals surface area contributed by atoms with Crippen LogP contribution in [-0.2, 0) is 16.1 Å². The van der Waals surface area contributed by atoms with E-state index in [2.05, 4.69) is 12.2 Å². The Morgan fingerprint density at radius 2 is 1.46 bits per heavy atom. The molecule has 122 valence electrons. The van der Waals surface area contributed by atoms with Gasteiger partial charge < -0.3 is 0 Å². The zero-order valence-corrected chi connectivity index (χ0v) is 13.7. The number of fused-ring (bicyclic) bond motifs is 5. The van der Waals surface area contributed by atoms with E-state index in [9.17, 15) is 9.59 Å². The number of allylic oxidation sites excluding steroid dienone is 4. The van der Waals surface area contributed by atoms with Gasteiger partial charge in [-0.15, -0.1) is 0 Å². The van der Waals surface area contributed by atoms with Crippen molar-refractivity contribution in [3.63, 3.8) is 0 Å². The second-order valence-corrected chi connectivity index (χ2v) is 7.50. The third-order valence-corrected chi connectivity index (χ3v) is 6.31. The number of benzene rings is 1. The minimum atomic E-state index is -0.140. The van der Waals surface area contributed by atoms with Crippen LogP contribution in [0.4, 0.5) is 0 Å². The predicted molar refractivity (Wildman–Crippen MR) is 90.6 cm³/mol. The van der Waals surface area contributed by atoms with E-state index in [0.717, 1.165) is 5.56 Å². The molecule has 4 aliphatic rings. The number of amides is 2. The molecule has 1 aromatic carbocycles.